The summed E-state index contributed by atoms with van der Waals surface area (Å²) in [7, 11) is 0. The first-order valence-electron chi connectivity index (χ1n) is 5.12. The highest BCUT2D eigenvalue weighted by Crippen LogP contribution is 2.14. The van der Waals surface area contributed by atoms with Crippen LogP contribution < -0.4 is 0 Å². The minimum atomic E-state index is 0.0521. The van der Waals surface area contributed by atoms with E-state index >= 15 is 0 Å². The van der Waals surface area contributed by atoms with E-state index in [1.54, 1.807) is 0 Å². The van der Waals surface area contributed by atoms with Crippen molar-refractivity contribution in [3.05, 3.63) is 0 Å². The monoisotopic (exact) mass is 206 g/mol. The second-order valence-electron chi connectivity index (χ2n) is 3.72. The molecule has 0 amide bonds. The van der Waals surface area contributed by atoms with Crippen LogP contribution in [0.15, 0.2) is 0 Å². The fraction of sp³-hybridized carbons (Fsp3) is 1.00. The molecule has 0 spiro atoms. The van der Waals surface area contributed by atoms with Crippen LogP contribution >= 0.6 is 11.6 Å². The fourth-order valence-corrected chi connectivity index (χ4v) is 1.47. The summed E-state index contributed by atoms with van der Waals surface area (Å²) in [5.41, 5.74) is 0. The molecule has 0 aliphatic carbocycles. The summed E-state index contributed by atoms with van der Waals surface area (Å²) in [5, 5.41) is 0. The summed E-state index contributed by atoms with van der Waals surface area (Å²) in [4.78, 5) is 0. The zero-order valence-corrected chi connectivity index (χ0v) is 9.05. The third kappa shape index (κ3) is 4.84. The van der Waals surface area contributed by atoms with E-state index in [0.717, 1.165) is 31.9 Å². The molecule has 13 heavy (non-hydrogen) atoms. The van der Waals surface area contributed by atoms with E-state index in [4.69, 9.17) is 21.1 Å². The van der Waals surface area contributed by atoms with Crippen LogP contribution in [0.5, 0.6) is 0 Å². The standard InChI is InChI=1S/C10H19ClO2/c1-9(8-11)5-7-13-10-4-2-3-6-12-10/h9-10H,2-8H2,1H3. The first-order chi connectivity index (χ1) is 6.33. The third-order valence-corrected chi connectivity index (χ3v) is 2.84. The molecule has 2 nitrogen and oxygen atoms in total. The predicted octanol–water partition coefficient (Wildman–Crippen LogP) is 2.79. The van der Waals surface area contributed by atoms with E-state index in [9.17, 15) is 0 Å². The Kier molecular flexibility index (Phi) is 5.76. The Morgan fingerprint density at radius 3 is 3.00 bits per heavy atom. The van der Waals surface area contributed by atoms with Gasteiger partial charge < -0.3 is 9.47 Å². The van der Waals surface area contributed by atoms with Gasteiger partial charge >= 0.3 is 0 Å². The molecular formula is C10H19ClO2. The van der Waals surface area contributed by atoms with Crippen LogP contribution in [0, 0.1) is 5.92 Å². The topological polar surface area (TPSA) is 18.5 Å². The lowest BCUT2D eigenvalue weighted by molar-refractivity contribution is -0.163. The van der Waals surface area contributed by atoms with E-state index in [-0.39, 0.29) is 6.29 Å². The maximum atomic E-state index is 5.69. The minimum absolute atomic E-state index is 0.0521. The molecule has 1 fully saturated rings. The van der Waals surface area contributed by atoms with Crippen LogP contribution in [-0.4, -0.2) is 25.4 Å². The van der Waals surface area contributed by atoms with E-state index in [1.807, 2.05) is 0 Å². The first-order valence-corrected chi connectivity index (χ1v) is 5.65. The van der Waals surface area contributed by atoms with Gasteiger partial charge in [0.25, 0.3) is 0 Å². The average Bonchev–Trinajstić information content (AvgIpc) is 2.19. The van der Waals surface area contributed by atoms with Crippen molar-refractivity contribution in [1.82, 2.24) is 0 Å². The van der Waals surface area contributed by atoms with Crippen LogP contribution in [0.1, 0.15) is 32.6 Å². The van der Waals surface area contributed by atoms with Gasteiger partial charge in [-0.15, -0.1) is 11.6 Å². The van der Waals surface area contributed by atoms with E-state index in [2.05, 4.69) is 6.92 Å². The lowest BCUT2D eigenvalue weighted by atomic mass is 10.1. The average molecular weight is 207 g/mol. The Bertz CT molecular complexity index is 124. The Morgan fingerprint density at radius 2 is 2.38 bits per heavy atom. The first kappa shape index (κ1) is 11.3. The molecule has 0 aromatic carbocycles. The number of alkyl halides is 1. The van der Waals surface area contributed by atoms with Gasteiger partial charge in [-0.1, -0.05) is 6.92 Å². The number of ether oxygens (including phenoxy) is 2. The highest BCUT2D eigenvalue weighted by Gasteiger charge is 2.13. The van der Waals surface area contributed by atoms with Gasteiger partial charge in [-0.25, -0.2) is 0 Å². The van der Waals surface area contributed by atoms with Crippen molar-refractivity contribution in [2.24, 2.45) is 5.92 Å². The molecule has 2 atom stereocenters. The third-order valence-electron chi connectivity index (χ3n) is 2.32. The molecular weight excluding hydrogens is 188 g/mol. The molecule has 3 heteroatoms. The molecule has 1 rings (SSSR count). The Balaban J connectivity index is 1.98. The molecule has 0 radical (unpaired) electrons. The summed E-state index contributed by atoms with van der Waals surface area (Å²) in [6.45, 7) is 3.77. The summed E-state index contributed by atoms with van der Waals surface area (Å²) in [6.07, 6.45) is 4.54. The van der Waals surface area contributed by atoms with Crippen LogP contribution in [-0.2, 0) is 9.47 Å². The van der Waals surface area contributed by atoms with Crippen LogP contribution in [0.25, 0.3) is 0 Å². The van der Waals surface area contributed by atoms with Crippen LogP contribution in [0.2, 0.25) is 0 Å². The number of hydrogen-bond donors (Lipinski definition) is 0. The normalized spacial score (nSPS) is 25.8. The van der Waals surface area contributed by atoms with Gasteiger partial charge in [0, 0.05) is 12.5 Å². The SMILES string of the molecule is CC(CCl)CCOC1CCCCO1. The summed E-state index contributed by atoms with van der Waals surface area (Å²) < 4.78 is 11.0. The second-order valence-corrected chi connectivity index (χ2v) is 4.02. The second kappa shape index (κ2) is 6.63. The molecule has 0 bridgehead atoms. The van der Waals surface area contributed by atoms with Crippen LogP contribution in [0.3, 0.4) is 0 Å². The fourth-order valence-electron chi connectivity index (χ4n) is 1.32. The predicted molar refractivity (Wildman–Crippen MR) is 54.0 cm³/mol. The molecule has 1 aliphatic rings. The zero-order chi connectivity index (χ0) is 9.52. The van der Waals surface area contributed by atoms with E-state index < -0.39 is 0 Å². The lowest BCUT2D eigenvalue weighted by Crippen LogP contribution is -2.23. The molecule has 0 aromatic heterocycles. The van der Waals surface area contributed by atoms with Gasteiger partial charge in [-0.3, -0.25) is 0 Å². The van der Waals surface area contributed by atoms with Crippen molar-refractivity contribution in [3.63, 3.8) is 0 Å². The number of halogens is 1. The molecule has 0 saturated carbocycles. The van der Waals surface area contributed by atoms with Gasteiger partial charge in [0.05, 0.1) is 6.61 Å². The largest absolute Gasteiger partial charge is 0.353 e. The van der Waals surface area contributed by atoms with Crippen molar-refractivity contribution < 1.29 is 9.47 Å². The van der Waals surface area contributed by atoms with Crippen molar-refractivity contribution in [2.75, 3.05) is 19.1 Å². The Morgan fingerprint density at radius 1 is 1.54 bits per heavy atom. The van der Waals surface area contributed by atoms with Crippen LogP contribution in [0.4, 0.5) is 0 Å². The Hall–Kier alpha value is 0.210. The smallest absolute Gasteiger partial charge is 0.157 e. The molecule has 0 aromatic rings. The van der Waals surface area contributed by atoms with E-state index in [1.165, 1.54) is 12.8 Å². The summed E-state index contributed by atoms with van der Waals surface area (Å²) in [6, 6.07) is 0. The number of rotatable bonds is 5. The molecule has 1 saturated heterocycles. The molecule has 2 unspecified atom stereocenters. The maximum Gasteiger partial charge on any atom is 0.157 e. The van der Waals surface area contributed by atoms with E-state index in [0.29, 0.717) is 5.92 Å². The van der Waals surface area contributed by atoms with Crippen molar-refractivity contribution in [3.8, 4) is 0 Å². The van der Waals surface area contributed by atoms with Gasteiger partial charge in [0.15, 0.2) is 6.29 Å². The summed E-state index contributed by atoms with van der Waals surface area (Å²) >= 11 is 5.69. The maximum absolute atomic E-state index is 5.69. The quantitative estimate of drug-likeness (QED) is 0.644. The van der Waals surface area contributed by atoms with Crippen molar-refractivity contribution in [1.29, 1.82) is 0 Å². The van der Waals surface area contributed by atoms with Gasteiger partial charge in [-0.05, 0) is 31.6 Å². The molecule has 1 heterocycles. The lowest BCUT2D eigenvalue weighted by Gasteiger charge is -2.23. The molecule has 1 aliphatic heterocycles. The summed E-state index contributed by atoms with van der Waals surface area (Å²) in [5.74, 6) is 1.26. The van der Waals surface area contributed by atoms with Gasteiger partial charge in [0.2, 0.25) is 0 Å². The molecule has 0 N–H and O–H groups in total. The molecule has 78 valence electrons. The van der Waals surface area contributed by atoms with Crippen molar-refractivity contribution in [2.45, 2.75) is 38.9 Å². The van der Waals surface area contributed by atoms with Gasteiger partial charge in [0.1, 0.15) is 0 Å². The zero-order valence-electron chi connectivity index (χ0n) is 8.30. The van der Waals surface area contributed by atoms with Crippen molar-refractivity contribution >= 4 is 11.6 Å². The van der Waals surface area contributed by atoms with Gasteiger partial charge in [-0.2, -0.15) is 0 Å². The minimum Gasteiger partial charge on any atom is -0.353 e. The highest BCUT2D eigenvalue weighted by molar-refractivity contribution is 6.18. The Labute approximate surface area is 85.5 Å². The number of hydrogen-bond acceptors (Lipinski definition) is 2. The highest BCUT2D eigenvalue weighted by atomic mass is 35.5.